The number of pyridine rings is 1. The van der Waals surface area contributed by atoms with Crippen LogP contribution in [0.3, 0.4) is 0 Å². The van der Waals surface area contributed by atoms with Gasteiger partial charge in [-0.25, -0.2) is 0 Å². The van der Waals surface area contributed by atoms with Crippen LogP contribution in [0.15, 0.2) is 48.7 Å². The van der Waals surface area contributed by atoms with E-state index in [0.717, 1.165) is 25.1 Å². The Bertz CT molecular complexity index is 494. The Hall–Kier alpha value is -1.67. The van der Waals surface area contributed by atoms with Gasteiger partial charge in [0.2, 0.25) is 0 Å². The number of nitrogens with zero attached hydrogens (tertiary/aromatic N) is 1. The highest BCUT2D eigenvalue weighted by atomic mass is 14.9. The predicted molar refractivity (Wildman–Crippen MR) is 80.2 cm³/mol. The first kappa shape index (κ1) is 13.8. The van der Waals surface area contributed by atoms with Crippen molar-refractivity contribution in [3.8, 4) is 0 Å². The molecule has 1 aromatic heterocycles. The summed E-state index contributed by atoms with van der Waals surface area (Å²) in [7, 11) is 0. The third-order valence-electron chi connectivity index (χ3n) is 3.26. The second-order valence-electron chi connectivity index (χ2n) is 4.92. The Morgan fingerprint density at radius 1 is 1.16 bits per heavy atom. The van der Waals surface area contributed by atoms with Crippen LogP contribution in [0.2, 0.25) is 0 Å². The van der Waals surface area contributed by atoms with Crippen LogP contribution < -0.4 is 5.32 Å². The fourth-order valence-corrected chi connectivity index (χ4v) is 2.16. The molecule has 0 saturated heterocycles. The van der Waals surface area contributed by atoms with Gasteiger partial charge in [0.25, 0.3) is 0 Å². The van der Waals surface area contributed by atoms with Crippen LogP contribution in [0.25, 0.3) is 0 Å². The van der Waals surface area contributed by atoms with E-state index in [1.54, 1.807) is 0 Å². The summed E-state index contributed by atoms with van der Waals surface area (Å²) < 4.78 is 0. The quantitative estimate of drug-likeness (QED) is 0.849. The van der Waals surface area contributed by atoms with E-state index in [9.17, 15) is 0 Å². The summed E-state index contributed by atoms with van der Waals surface area (Å²) in [6.45, 7) is 5.47. The molecular weight excluding hydrogens is 232 g/mol. The van der Waals surface area contributed by atoms with Crippen LogP contribution in [-0.2, 0) is 6.42 Å². The van der Waals surface area contributed by atoms with Crippen molar-refractivity contribution in [3.05, 3.63) is 65.5 Å². The maximum absolute atomic E-state index is 4.38. The molecule has 0 aliphatic rings. The smallest absolute Gasteiger partial charge is 0.0447 e. The van der Waals surface area contributed by atoms with Gasteiger partial charge in [-0.05, 0) is 43.1 Å². The number of benzene rings is 1. The highest BCUT2D eigenvalue weighted by Gasteiger charge is 2.05. The zero-order chi connectivity index (χ0) is 13.5. The van der Waals surface area contributed by atoms with Crippen molar-refractivity contribution < 1.29 is 0 Å². The van der Waals surface area contributed by atoms with E-state index >= 15 is 0 Å². The lowest BCUT2D eigenvalue weighted by atomic mass is 10.0. The molecule has 1 aromatic carbocycles. The Morgan fingerprint density at radius 2 is 2.05 bits per heavy atom. The molecule has 1 atom stereocenters. The van der Waals surface area contributed by atoms with Crippen molar-refractivity contribution in [1.29, 1.82) is 0 Å². The molecule has 100 valence electrons. The van der Waals surface area contributed by atoms with Crippen LogP contribution in [0, 0.1) is 0 Å². The summed E-state index contributed by atoms with van der Waals surface area (Å²) in [4.78, 5) is 4.38. The number of hydrogen-bond donors (Lipinski definition) is 1. The summed E-state index contributed by atoms with van der Waals surface area (Å²) in [6.07, 6.45) is 3.91. The fourth-order valence-electron chi connectivity index (χ4n) is 2.16. The van der Waals surface area contributed by atoms with Crippen molar-refractivity contribution in [3.63, 3.8) is 0 Å². The minimum Gasteiger partial charge on any atom is -0.310 e. The maximum atomic E-state index is 4.38. The summed E-state index contributed by atoms with van der Waals surface area (Å²) in [5, 5.41) is 3.52. The van der Waals surface area contributed by atoms with Gasteiger partial charge < -0.3 is 5.32 Å². The van der Waals surface area contributed by atoms with E-state index in [-0.39, 0.29) is 0 Å². The van der Waals surface area contributed by atoms with Gasteiger partial charge in [-0.3, -0.25) is 4.98 Å². The van der Waals surface area contributed by atoms with Gasteiger partial charge in [0.15, 0.2) is 0 Å². The minimum atomic E-state index is 0.406. The van der Waals surface area contributed by atoms with Crippen molar-refractivity contribution in [2.75, 3.05) is 6.54 Å². The summed E-state index contributed by atoms with van der Waals surface area (Å²) >= 11 is 0. The maximum Gasteiger partial charge on any atom is 0.0447 e. The molecule has 0 aliphatic heterocycles. The topological polar surface area (TPSA) is 24.9 Å². The molecule has 2 rings (SSSR count). The molecule has 0 radical (unpaired) electrons. The SMILES string of the molecule is CCCNC(C)c1cccc(Cc2ccccn2)c1. The number of aromatic nitrogens is 1. The van der Waals surface area contributed by atoms with Crippen LogP contribution >= 0.6 is 0 Å². The summed E-state index contributed by atoms with van der Waals surface area (Å²) in [5.74, 6) is 0. The molecular formula is C17H22N2. The molecule has 0 aliphatic carbocycles. The Labute approximate surface area is 115 Å². The molecule has 0 amide bonds. The first-order valence-corrected chi connectivity index (χ1v) is 7.01. The van der Waals surface area contributed by atoms with E-state index in [2.05, 4.69) is 54.5 Å². The van der Waals surface area contributed by atoms with Crippen molar-refractivity contribution in [1.82, 2.24) is 10.3 Å². The minimum absolute atomic E-state index is 0.406. The average Bonchev–Trinajstić information content (AvgIpc) is 2.46. The van der Waals surface area contributed by atoms with Gasteiger partial charge in [-0.2, -0.15) is 0 Å². The Morgan fingerprint density at radius 3 is 2.79 bits per heavy atom. The van der Waals surface area contributed by atoms with E-state index in [4.69, 9.17) is 0 Å². The number of rotatable bonds is 6. The third-order valence-corrected chi connectivity index (χ3v) is 3.26. The molecule has 0 bridgehead atoms. The Balaban J connectivity index is 2.06. The van der Waals surface area contributed by atoms with Crippen LogP contribution in [0.5, 0.6) is 0 Å². The second kappa shape index (κ2) is 7.05. The Kier molecular flexibility index (Phi) is 5.10. The average molecular weight is 254 g/mol. The third kappa shape index (κ3) is 4.18. The molecule has 1 heterocycles. The molecule has 0 spiro atoms. The number of nitrogens with one attached hydrogen (secondary N) is 1. The lowest BCUT2D eigenvalue weighted by Gasteiger charge is -2.14. The molecule has 0 fully saturated rings. The van der Waals surface area contributed by atoms with Crippen LogP contribution in [-0.4, -0.2) is 11.5 Å². The summed E-state index contributed by atoms with van der Waals surface area (Å²) in [5.41, 5.74) is 3.79. The van der Waals surface area contributed by atoms with Gasteiger partial charge in [0, 0.05) is 24.4 Å². The lowest BCUT2D eigenvalue weighted by Crippen LogP contribution is -2.19. The predicted octanol–water partition coefficient (Wildman–Crippen LogP) is 3.73. The van der Waals surface area contributed by atoms with Crippen molar-refractivity contribution in [2.45, 2.75) is 32.7 Å². The first-order chi connectivity index (χ1) is 9.29. The number of hydrogen-bond acceptors (Lipinski definition) is 2. The van der Waals surface area contributed by atoms with Gasteiger partial charge in [0.05, 0.1) is 0 Å². The normalized spacial score (nSPS) is 12.3. The molecule has 19 heavy (non-hydrogen) atoms. The van der Waals surface area contributed by atoms with E-state index in [1.807, 2.05) is 18.3 Å². The molecule has 0 saturated carbocycles. The van der Waals surface area contributed by atoms with Crippen molar-refractivity contribution >= 4 is 0 Å². The molecule has 1 N–H and O–H groups in total. The van der Waals surface area contributed by atoms with Crippen LogP contribution in [0.4, 0.5) is 0 Å². The zero-order valence-electron chi connectivity index (χ0n) is 11.8. The zero-order valence-corrected chi connectivity index (χ0v) is 11.8. The van der Waals surface area contributed by atoms with E-state index < -0.39 is 0 Å². The molecule has 2 heteroatoms. The van der Waals surface area contributed by atoms with Gasteiger partial charge in [0.1, 0.15) is 0 Å². The standard InChI is InChI=1S/C17H22N2/c1-3-10-18-14(2)16-8-6-7-15(12-16)13-17-9-4-5-11-19-17/h4-9,11-12,14,18H,3,10,13H2,1-2H3. The fraction of sp³-hybridized carbons (Fsp3) is 0.353. The van der Waals surface area contributed by atoms with Gasteiger partial charge in [-0.1, -0.05) is 37.3 Å². The monoisotopic (exact) mass is 254 g/mol. The summed E-state index contributed by atoms with van der Waals surface area (Å²) in [6, 6.07) is 15.3. The van der Waals surface area contributed by atoms with Gasteiger partial charge in [-0.15, -0.1) is 0 Å². The highest BCUT2D eigenvalue weighted by molar-refractivity contribution is 5.28. The van der Waals surface area contributed by atoms with E-state index in [0.29, 0.717) is 6.04 Å². The molecule has 1 unspecified atom stereocenters. The lowest BCUT2D eigenvalue weighted by molar-refractivity contribution is 0.570. The van der Waals surface area contributed by atoms with Gasteiger partial charge >= 0.3 is 0 Å². The highest BCUT2D eigenvalue weighted by Crippen LogP contribution is 2.16. The van der Waals surface area contributed by atoms with Crippen molar-refractivity contribution in [2.24, 2.45) is 0 Å². The molecule has 2 aromatic rings. The van der Waals surface area contributed by atoms with E-state index in [1.165, 1.54) is 11.1 Å². The largest absolute Gasteiger partial charge is 0.310 e. The molecule has 2 nitrogen and oxygen atoms in total. The second-order valence-corrected chi connectivity index (χ2v) is 4.92. The first-order valence-electron chi connectivity index (χ1n) is 7.01. The van der Waals surface area contributed by atoms with Crippen LogP contribution in [0.1, 0.15) is 43.1 Å².